The fourth-order valence-electron chi connectivity index (χ4n) is 2.92. The molecule has 0 unspecified atom stereocenters. The van der Waals surface area contributed by atoms with Crippen molar-refractivity contribution >= 4 is 17.8 Å². The summed E-state index contributed by atoms with van der Waals surface area (Å²) in [6, 6.07) is 32.4. The van der Waals surface area contributed by atoms with Crippen LogP contribution in [-0.2, 0) is 0 Å². The van der Waals surface area contributed by atoms with Gasteiger partial charge in [0, 0.05) is 16.1 Å². The van der Waals surface area contributed by atoms with Crippen molar-refractivity contribution in [2.24, 2.45) is 5.10 Å². The highest BCUT2D eigenvalue weighted by molar-refractivity contribution is 6.30. The van der Waals surface area contributed by atoms with Crippen LogP contribution in [0.2, 0.25) is 5.02 Å². The lowest BCUT2D eigenvalue weighted by molar-refractivity contribution is 0.912. The van der Waals surface area contributed by atoms with Gasteiger partial charge in [-0.15, -0.1) is 0 Å². The number of nitrogens with zero attached hydrogens (tertiary/aromatic N) is 2. The van der Waals surface area contributed by atoms with Crippen molar-refractivity contribution in [1.29, 1.82) is 0 Å². The van der Waals surface area contributed by atoms with E-state index in [1.54, 1.807) is 0 Å². The number of hydrogen-bond acceptors (Lipinski definition) is 1. The van der Waals surface area contributed by atoms with Gasteiger partial charge in [0.1, 0.15) is 0 Å². The molecule has 0 fully saturated rings. The monoisotopic (exact) mass is 356 g/mol. The number of benzene rings is 3. The molecule has 0 aliphatic rings. The molecule has 1 aromatic heterocycles. The molecule has 126 valence electrons. The van der Waals surface area contributed by atoms with Crippen LogP contribution in [0.3, 0.4) is 0 Å². The quantitative estimate of drug-likeness (QED) is 0.379. The molecule has 2 nitrogen and oxygen atoms in total. The molecule has 0 saturated carbocycles. The summed E-state index contributed by atoms with van der Waals surface area (Å²) in [6.45, 7) is 0. The molecule has 3 heteroatoms. The van der Waals surface area contributed by atoms with Crippen LogP contribution in [0.15, 0.2) is 102 Å². The van der Waals surface area contributed by atoms with E-state index in [2.05, 4.69) is 36.4 Å². The minimum Gasteiger partial charge on any atom is -0.233 e. The van der Waals surface area contributed by atoms with Crippen molar-refractivity contribution in [3.05, 3.63) is 108 Å². The van der Waals surface area contributed by atoms with E-state index in [-0.39, 0.29) is 0 Å². The molecule has 0 bridgehead atoms. The Morgan fingerprint density at radius 1 is 0.654 bits per heavy atom. The van der Waals surface area contributed by atoms with Crippen molar-refractivity contribution < 1.29 is 0 Å². The van der Waals surface area contributed by atoms with Crippen molar-refractivity contribution in [2.75, 3.05) is 0 Å². The first-order valence-corrected chi connectivity index (χ1v) is 8.81. The second-order valence-electron chi connectivity index (χ2n) is 5.95. The predicted octanol–water partition coefficient (Wildman–Crippen LogP) is 6.36. The largest absolute Gasteiger partial charge is 0.233 e. The Morgan fingerprint density at radius 2 is 1.23 bits per heavy atom. The number of hydrogen-bond donors (Lipinski definition) is 0. The minimum absolute atomic E-state index is 0.702. The van der Waals surface area contributed by atoms with Gasteiger partial charge in [0.25, 0.3) is 0 Å². The third-order valence-electron chi connectivity index (χ3n) is 4.17. The molecule has 4 rings (SSSR count). The van der Waals surface area contributed by atoms with Crippen LogP contribution in [-0.4, -0.2) is 10.9 Å². The van der Waals surface area contributed by atoms with Gasteiger partial charge in [0.2, 0.25) is 0 Å². The van der Waals surface area contributed by atoms with E-state index in [0.717, 1.165) is 28.1 Å². The Morgan fingerprint density at radius 3 is 1.77 bits per heavy atom. The van der Waals surface area contributed by atoms with Crippen LogP contribution in [0, 0.1) is 0 Å². The molecule has 3 aromatic carbocycles. The normalized spacial score (nSPS) is 11.1. The average Bonchev–Trinajstić information content (AvgIpc) is 3.12. The molecule has 0 aliphatic carbocycles. The molecule has 0 atom stereocenters. The Kier molecular flexibility index (Phi) is 4.67. The molecule has 0 radical (unpaired) electrons. The van der Waals surface area contributed by atoms with Crippen LogP contribution in [0.5, 0.6) is 0 Å². The summed E-state index contributed by atoms with van der Waals surface area (Å²) in [6.07, 6.45) is 1.84. The predicted molar refractivity (Wildman–Crippen MR) is 110 cm³/mol. The van der Waals surface area contributed by atoms with Crippen molar-refractivity contribution in [1.82, 2.24) is 4.68 Å². The highest BCUT2D eigenvalue weighted by Gasteiger charge is 2.10. The molecular weight excluding hydrogens is 340 g/mol. The van der Waals surface area contributed by atoms with Gasteiger partial charge in [-0.05, 0) is 29.8 Å². The Hall–Kier alpha value is -3.10. The summed E-state index contributed by atoms with van der Waals surface area (Å²) in [5.74, 6) is 0. The maximum Gasteiger partial charge on any atom is 0.0725 e. The molecule has 0 saturated heterocycles. The molecule has 4 aromatic rings. The molecule has 1 heterocycles. The van der Waals surface area contributed by atoms with Gasteiger partial charge >= 0.3 is 0 Å². The standard InChI is InChI=1S/C23H17ClN2/c24-21-13-7-8-18(16-21)17-25-26-22(19-9-3-1-4-10-19)14-15-23(26)20-11-5-2-6-12-20/h1-17H/b25-17+. The van der Waals surface area contributed by atoms with Gasteiger partial charge in [-0.1, -0.05) is 84.4 Å². The van der Waals surface area contributed by atoms with Crippen LogP contribution >= 0.6 is 11.6 Å². The van der Waals surface area contributed by atoms with Gasteiger partial charge in [-0.3, -0.25) is 0 Å². The van der Waals surface area contributed by atoms with Gasteiger partial charge in [-0.2, -0.15) is 5.10 Å². The highest BCUT2D eigenvalue weighted by Crippen LogP contribution is 2.28. The van der Waals surface area contributed by atoms with Crippen LogP contribution in [0.1, 0.15) is 5.56 Å². The van der Waals surface area contributed by atoms with E-state index >= 15 is 0 Å². The first kappa shape index (κ1) is 16.4. The number of aromatic nitrogens is 1. The Labute approximate surface area is 158 Å². The number of rotatable bonds is 4. The maximum atomic E-state index is 6.09. The molecule has 26 heavy (non-hydrogen) atoms. The fourth-order valence-corrected chi connectivity index (χ4v) is 3.12. The van der Waals surface area contributed by atoms with Gasteiger partial charge in [-0.25, -0.2) is 4.68 Å². The SMILES string of the molecule is Clc1cccc(/C=N/n2c(-c3ccccc3)ccc2-c2ccccc2)c1. The van der Waals surface area contributed by atoms with Crippen molar-refractivity contribution in [3.63, 3.8) is 0 Å². The van der Waals surface area contributed by atoms with E-state index in [4.69, 9.17) is 16.7 Å². The molecule has 0 N–H and O–H groups in total. The fraction of sp³-hybridized carbons (Fsp3) is 0. The van der Waals surface area contributed by atoms with Crippen LogP contribution in [0.4, 0.5) is 0 Å². The minimum atomic E-state index is 0.702. The zero-order chi connectivity index (χ0) is 17.8. The maximum absolute atomic E-state index is 6.09. The van der Waals surface area contributed by atoms with Crippen molar-refractivity contribution in [2.45, 2.75) is 0 Å². The lowest BCUT2D eigenvalue weighted by atomic mass is 10.2. The highest BCUT2D eigenvalue weighted by atomic mass is 35.5. The third kappa shape index (κ3) is 3.46. The topological polar surface area (TPSA) is 17.3 Å². The zero-order valence-corrected chi connectivity index (χ0v) is 14.8. The second-order valence-corrected chi connectivity index (χ2v) is 6.38. The summed E-state index contributed by atoms with van der Waals surface area (Å²) >= 11 is 6.09. The zero-order valence-electron chi connectivity index (χ0n) is 14.1. The van der Waals surface area contributed by atoms with Gasteiger partial charge in [0.05, 0.1) is 17.6 Å². The third-order valence-corrected chi connectivity index (χ3v) is 4.40. The lowest BCUT2D eigenvalue weighted by Crippen LogP contribution is -1.96. The summed E-state index contributed by atoms with van der Waals surface area (Å²) < 4.78 is 1.98. The first-order chi connectivity index (χ1) is 12.8. The van der Waals surface area contributed by atoms with Crippen molar-refractivity contribution in [3.8, 4) is 22.5 Å². The molecule has 0 amide bonds. The smallest absolute Gasteiger partial charge is 0.0725 e. The summed E-state index contributed by atoms with van der Waals surface area (Å²) in [7, 11) is 0. The lowest BCUT2D eigenvalue weighted by Gasteiger charge is -2.09. The summed E-state index contributed by atoms with van der Waals surface area (Å²) in [4.78, 5) is 0. The van der Waals surface area contributed by atoms with E-state index in [1.807, 2.05) is 71.6 Å². The summed E-state index contributed by atoms with van der Waals surface area (Å²) in [5.41, 5.74) is 5.30. The van der Waals surface area contributed by atoms with Gasteiger partial charge in [0.15, 0.2) is 0 Å². The molecular formula is C23H17ClN2. The van der Waals surface area contributed by atoms with Gasteiger partial charge < -0.3 is 0 Å². The van der Waals surface area contributed by atoms with Crippen LogP contribution in [0.25, 0.3) is 22.5 Å². The van der Waals surface area contributed by atoms with E-state index in [1.165, 1.54) is 0 Å². The second kappa shape index (κ2) is 7.42. The average molecular weight is 357 g/mol. The van der Waals surface area contributed by atoms with E-state index in [0.29, 0.717) is 5.02 Å². The molecule has 0 aliphatic heterocycles. The first-order valence-electron chi connectivity index (χ1n) is 8.44. The molecule has 0 spiro atoms. The summed E-state index contributed by atoms with van der Waals surface area (Å²) in [5, 5.41) is 5.47. The Balaban J connectivity index is 1.83. The van der Waals surface area contributed by atoms with Crippen LogP contribution < -0.4 is 0 Å². The number of halogens is 1. The Bertz CT molecular complexity index is 977. The van der Waals surface area contributed by atoms with E-state index in [9.17, 15) is 0 Å². The van der Waals surface area contributed by atoms with E-state index < -0.39 is 0 Å².